The molecule has 0 N–H and O–H groups in total. The van der Waals surface area contributed by atoms with Crippen molar-refractivity contribution in [1.29, 1.82) is 0 Å². The van der Waals surface area contributed by atoms with Gasteiger partial charge in [0.15, 0.2) is 0 Å². The highest BCUT2D eigenvalue weighted by molar-refractivity contribution is 9.10. The number of nitrogens with zero attached hydrogens (tertiary/aromatic N) is 1. The molecule has 7 heteroatoms. The van der Waals surface area contributed by atoms with Crippen molar-refractivity contribution in [1.82, 2.24) is 4.90 Å². The van der Waals surface area contributed by atoms with E-state index in [-0.39, 0.29) is 11.9 Å². The van der Waals surface area contributed by atoms with E-state index >= 15 is 0 Å². The average Bonchev–Trinajstić information content (AvgIpc) is 3.21. The first kappa shape index (κ1) is 19.2. The zero-order chi connectivity index (χ0) is 19.0. The van der Waals surface area contributed by atoms with E-state index in [1.54, 1.807) is 11.0 Å². The Morgan fingerprint density at radius 1 is 1.22 bits per heavy atom. The number of carbonyl (C=O) groups is 1. The molecule has 1 saturated carbocycles. The highest BCUT2D eigenvalue weighted by Gasteiger charge is 2.37. The highest BCUT2D eigenvalue weighted by Crippen LogP contribution is 2.38. The topological polar surface area (TPSA) is 33.5 Å². The lowest BCUT2D eigenvalue weighted by molar-refractivity contribution is -0.124. The van der Waals surface area contributed by atoms with Crippen molar-refractivity contribution in [2.75, 3.05) is 0 Å². The van der Waals surface area contributed by atoms with E-state index in [0.717, 1.165) is 35.7 Å². The van der Waals surface area contributed by atoms with E-state index in [9.17, 15) is 4.79 Å². The second-order valence-corrected chi connectivity index (χ2v) is 9.67. The van der Waals surface area contributed by atoms with Crippen molar-refractivity contribution in [3.63, 3.8) is 0 Å². The van der Waals surface area contributed by atoms with Gasteiger partial charge >= 0.3 is 0 Å². The van der Waals surface area contributed by atoms with Crippen LogP contribution >= 0.6 is 51.5 Å². The number of thioether (sulfide) groups is 1. The number of rotatable bonds is 3. The normalized spacial score (nSPS) is 20.1. The molecule has 27 heavy (non-hydrogen) atoms. The van der Waals surface area contributed by atoms with E-state index < -0.39 is 0 Å². The molecular weight excluding hydrogens is 466 g/mol. The number of halogens is 2. The van der Waals surface area contributed by atoms with Crippen molar-refractivity contribution in [3.05, 3.63) is 50.5 Å². The van der Waals surface area contributed by atoms with Gasteiger partial charge in [-0.1, -0.05) is 70.8 Å². The molecular formula is C20H17BrClNO2S2. The van der Waals surface area contributed by atoms with Gasteiger partial charge < -0.3 is 4.42 Å². The maximum absolute atomic E-state index is 12.9. The molecule has 2 fully saturated rings. The molecule has 1 aromatic heterocycles. The molecule has 3 nitrogen and oxygen atoms in total. The third kappa shape index (κ3) is 4.04. The molecule has 1 amide bonds. The minimum absolute atomic E-state index is 0.00322. The maximum Gasteiger partial charge on any atom is 0.266 e. The molecule has 2 heterocycles. The summed E-state index contributed by atoms with van der Waals surface area (Å²) in [6.45, 7) is 0. The van der Waals surface area contributed by atoms with Gasteiger partial charge in [-0.3, -0.25) is 9.69 Å². The molecule has 4 rings (SSSR count). The van der Waals surface area contributed by atoms with Crippen molar-refractivity contribution in [2.45, 2.75) is 38.1 Å². The predicted molar refractivity (Wildman–Crippen MR) is 119 cm³/mol. The number of thiocarbonyl (C=S) groups is 1. The Bertz CT molecular complexity index is 934. The van der Waals surface area contributed by atoms with E-state index in [1.807, 2.05) is 30.3 Å². The third-order valence-electron chi connectivity index (χ3n) is 4.86. The van der Waals surface area contributed by atoms with Gasteiger partial charge in [0.25, 0.3) is 5.91 Å². The summed E-state index contributed by atoms with van der Waals surface area (Å²) >= 11 is 16.5. The second kappa shape index (κ2) is 8.11. The first-order valence-electron chi connectivity index (χ1n) is 8.85. The van der Waals surface area contributed by atoms with Crippen molar-refractivity contribution in [3.8, 4) is 11.3 Å². The summed E-state index contributed by atoms with van der Waals surface area (Å²) in [5.41, 5.74) is 0.814. The average molecular weight is 483 g/mol. The number of hydrogen-bond donors (Lipinski definition) is 0. The molecule has 0 bridgehead atoms. The third-order valence-corrected chi connectivity index (χ3v) is 7.00. The van der Waals surface area contributed by atoms with E-state index in [0.29, 0.717) is 25.8 Å². The Morgan fingerprint density at radius 3 is 2.74 bits per heavy atom. The molecule has 1 aromatic carbocycles. The lowest BCUT2D eigenvalue weighted by atomic mass is 9.94. The van der Waals surface area contributed by atoms with Crippen LogP contribution in [0.5, 0.6) is 0 Å². The number of benzene rings is 1. The predicted octanol–water partition coefficient (Wildman–Crippen LogP) is 6.90. The van der Waals surface area contributed by atoms with Gasteiger partial charge in [-0.15, -0.1) is 0 Å². The molecule has 140 valence electrons. The Balaban J connectivity index is 1.56. The highest BCUT2D eigenvalue weighted by atomic mass is 79.9. The van der Waals surface area contributed by atoms with Crippen LogP contribution in [0, 0.1) is 0 Å². The van der Waals surface area contributed by atoms with Crippen LogP contribution in [0.3, 0.4) is 0 Å². The number of amides is 1. The monoisotopic (exact) mass is 481 g/mol. The molecule has 0 unspecified atom stereocenters. The van der Waals surface area contributed by atoms with Crippen LogP contribution in [-0.4, -0.2) is 21.2 Å². The summed E-state index contributed by atoms with van der Waals surface area (Å²) in [6, 6.07) is 9.60. The zero-order valence-corrected chi connectivity index (χ0v) is 18.4. The van der Waals surface area contributed by atoms with Crippen LogP contribution in [0.2, 0.25) is 5.02 Å². The molecule has 1 aliphatic heterocycles. The van der Waals surface area contributed by atoms with Gasteiger partial charge in [0.1, 0.15) is 15.8 Å². The van der Waals surface area contributed by atoms with Crippen LogP contribution in [0.25, 0.3) is 17.4 Å². The lowest BCUT2D eigenvalue weighted by Crippen LogP contribution is -2.39. The van der Waals surface area contributed by atoms with E-state index in [4.69, 9.17) is 28.2 Å². The van der Waals surface area contributed by atoms with Crippen LogP contribution in [0.1, 0.15) is 37.9 Å². The van der Waals surface area contributed by atoms with Gasteiger partial charge in [0.2, 0.25) is 0 Å². The number of hydrogen-bond acceptors (Lipinski definition) is 4. The summed E-state index contributed by atoms with van der Waals surface area (Å²) in [7, 11) is 0. The smallest absolute Gasteiger partial charge is 0.266 e. The fraction of sp³-hybridized carbons (Fsp3) is 0.300. The van der Waals surface area contributed by atoms with Crippen LogP contribution in [0.4, 0.5) is 0 Å². The second-order valence-electron chi connectivity index (χ2n) is 6.67. The summed E-state index contributed by atoms with van der Waals surface area (Å²) in [5.74, 6) is 1.28. The van der Waals surface area contributed by atoms with Crippen molar-refractivity contribution < 1.29 is 9.21 Å². The van der Waals surface area contributed by atoms with Gasteiger partial charge in [-0.2, -0.15) is 0 Å². The van der Waals surface area contributed by atoms with Crippen molar-refractivity contribution in [2.24, 2.45) is 0 Å². The largest absolute Gasteiger partial charge is 0.457 e. The van der Waals surface area contributed by atoms with Gasteiger partial charge in [-0.25, -0.2) is 0 Å². The van der Waals surface area contributed by atoms with Crippen LogP contribution in [-0.2, 0) is 4.79 Å². The summed E-state index contributed by atoms with van der Waals surface area (Å²) < 4.78 is 7.48. The van der Waals surface area contributed by atoms with E-state index in [2.05, 4.69) is 15.9 Å². The minimum atomic E-state index is -0.00322. The van der Waals surface area contributed by atoms with Gasteiger partial charge in [-0.05, 0) is 43.2 Å². The molecule has 1 aliphatic carbocycles. The zero-order valence-electron chi connectivity index (χ0n) is 14.4. The maximum atomic E-state index is 12.9. The Hall–Kier alpha value is -1.08. The molecule has 0 spiro atoms. The van der Waals surface area contributed by atoms with Gasteiger partial charge in [0, 0.05) is 22.2 Å². The van der Waals surface area contributed by atoms with Gasteiger partial charge in [0.05, 0.1) is 9.93 Å². The quantitative estimate of drug-likeness (QED) is 0.352. The summed E-state index contributed by atoms with van der Waals surface area (Å²) in [6.07, 6.45) is 7.42. The molecule has 0 atom stereocenters. The lowest BCUT2D eigenvalue weighted by Gasteiger charge is -2.29. The fourth-order valence-electron chi connectivity index (χ4n) is 3.53. The van der Waals surface area contributed by atoms with Crippen LogP contribution in [0.15, 0.2) is 44.1 Å². The number of carbonyl (C=O) groups excluding carboxylic acids is 1. The molecule has 2 aromatic rings. The van der Waals surface area contributed by atoms with E-state index in [1.165, 1.54) is 18.2 Å². The Kier molecular flexibility index (Phi) is 5.78. The Morgan fingerprint density at radius 2 is 2.00 bits per heavy atom. The first-order chi connectivity index (χ1) is 13.0. The first-order valence-corrected chi connectivity index (χ1v) is 11.2. The molecule has 0 radical (unpaired) electrons. The Labute approximate surface area is 181 Å². The fourth-order valence-corrected chi connectivity index (χ4v) is 5.67. The minimum Gasteiger partial charge on any atom is -0.457 e. The number of furan rings is 1. The standard InChI is InChI=1S/C20H17BrClNO2S2/c21-12-6-8-15(16(22)10-12)17-9-7-14(25-17)11-18-19(24)23(20(26)27-18)13-4-2-1-3-5-13/h6-11,13H,1-5H2/b18-11+. The summed E-state index contributed by atoms with van der Waals surface area (Å²) in [4.78, 5) is 15.3. The molecule has 1 saturated heterocycles. The SMILES string of the molecule is O=C1/C(=C\c2ccc(-c3ccc(Br)cc3Cl)o2)SC(=S)N1C1CCCCC1. The molecule has 2 aliphatic rings. The van der Waals surface area contributed by atoms with Crippen LogP contribution < -0.4 is 0 Å². The van der Waals surface area contributed by atoms with Crippen molar-refractivity contribution >= 4 is 67.8 Å². The summed E-state index contributed by atoms with van der Waals surface area (Å²) in [5, 5.41) is 0.605.